The molecule has 0 amide bonds. The molecule has 0 aliphatic heterocycles. The zero-order chi connectivity index (χ0) is 13.1. The van der Waals surface area contributed by atoms with Crippen molar-refractivity contribution < 1.29 is 0 Å². The molecule has 2 aromatic rings. The molecule has 2 unspecified atom stereocenters. The van der Waals surface area contributed by atoms with Gasteiger partial charge in [0.2, 0.25) is 5.13 Å². The summed E-state index contributed by atoms with van der Waals surface area (Å²) in [6.07, 6.45) is 3.55. The Morgan fingerprint density at radius 3 is 2.84 bits per heavy atom. The van der Waals surface area contributed by atoms with Crippen LogP contribution in [0.4, 0.5) is 5.13 Å². The fraction of sp³-hybridized carbons (Fsp3) is 0.429. The third kappa shape index (κ3) is 2.93. The lowest BCUT2D eigenvalue weighted by Crippen LogP contribution is -2.17. The third-order valence-corrected chi connectivity index (χ3v) is 4.31. The molecule has 0 radical (unpaired) electrons. The molecule has 0 spiro atoms. The highest BCUT2D eigenvalue weighted by molar-refractivity contribution is 7.09. The van der Waals surface area contributed by atoms with Crippen molar-refractivity contribution in [3.8, 4) is 11.4 Å². The number of benzene rings is 1. The molecular weight excluding hydrogens is 256 g/mol. The summed E-state index contributed by atoms with van der Waals surface area (Å²) in [6, 6.07) is 10.6. The van der Waals surface area contributed by atoms with Crippen LogP contribution in [-0.4, -0.2) is 21.9 Å². The minimum Gasteiger partial charge on any atom is -0.358 e. The molecule has 3 N–H and O–H groups in total. The molecule has 1 fully saturated rings. The van der Waals surface area contributed by atoms with Crippen molar-refractivity contribution in [2.24, 2.45) is 11.7 Å². The number of aromatic nitrogens is 2. The van der Waals surface area contributed by atoms with Crippen LogP contribution in [0.5, 0.6) is 0 Å². The van der Waals surface area contributed by atoms with Gasteiger partial charge in [0.05, 0.1) is 0 Å². The predicted octanol–water partition coefficient (Wildman–Crippen LogP) is 2.74. The minimum absolute atomic E-state index is 0.505. The maximum atomic E-state index is 5.72. The quantitative estimate of drug-likeness (QED) is 0.900. The lowest BCUT2D eigenvalue weighted by molar-refractivity contribution is 0.555. The SMILES string of the molecule is NCC1CCC(Nc2nc(-c3ccccc3)ns2)C1. The average molecular weight is 274 g/mol. The molecule has 2 atom stereocenters. The Kier molecular flexibility index (Phi) is 3.75. The molecule has 1 aromatic carbocycles. The van der Waals surface area contributed by atoms with E-state index in [2.05, 4.69) is 14.7 Å². The second-order valence-corrected chi connectivity index (χ2v) is 5.80. The Balaban J connectivity index is 1.66. The number of nitrogens with two attached hydrogens (primary N) is 1. The molecule has 1 aliphatic carbocycles. The monoisotopic (exact) mass is 274 g/mol. The molecule has 0 bridgehead atoms. The van der Waals surface area contributed by atoms with E-state index in [1.807, 2.05) is 30.3 Å². The number of hydrogen-bond donors (Lipinski definition) is 2. The van der Waals surface area contributed by atoms with Gasteiger partial charge in [-0.2, -0.15) is 9.36 Å². The summed E-state index contributed by atoms with van der Waals surface area (Å²) in [5.41, 5.74) is 6.78. The van der Waals surface area contributed by atoms with E-state index in [1.54, 1.807) is 0 Å². The average Bonchev–Trinajstić information content (AvgIpc) is 3.09. The molecule has 1 heterocycles. The maximum Gasteiger partial charge on any atom is 0.203 e. The first-order chi connectivity index (χ1) is 9.35. The highest BCUT2D eigenvalue weighted by Crippen LogP contribution is 2.28. The van der Waals surface area contributed by atoms with Gasteiger partial charge in [-0.3, -0.25) is 0 Å². The fourth-order valence-corrected chi connectivity index (χ4v) is 3.25. The smallest absolute Gasteiger partial charge is 0.203 e. The molecule has 19 heavy (non-hydrogen) atoms. The Hall–Kier alpha value is -1.46. The number of hydrogen-bond acceptors (Lipinski definition) is 5. The summed E-state index contributed by atoms with van der Waals surface area (Å²) in [5.74, 6) is 1.47. The number of anilines is 1. The third-order valence-electron chi connectivity index (χ3n) is 3.66. The van der Waals surface area contributed by atoms with Gasteiger partial charge in [-0.15, -0.1) is 0 Å². The van der Waals surface area contributed by atoms with Crippen LogP contribution >= 0.6 is 11.5 Å². The van der Waals surface area contributed by atoms with Crippen LogP contribution in [0.3, 0.4) is 0 Å². The van der Waals surface area contributed by atoms with Crippen LogP contribution in [-0.2, 0) is 0 Å². The van der Waals surface area contributed by atoms with Gasteiger partial charge in [0.25, 0.3) is 0 Å². The van der Waals surface area contributed by atoms with Crippen LogP contribution in [0.2, 0.25) is 0 Å². The van der Waals surface area contributed by atoms with Crippen LogP contribution < -0.4 is 11.1 Å². The summed E-state index contributed by atoms with van der Waals surface area (Å²) in [4.78, 5) is 4.56. The van der Waals surface area contributed by atoms with Crippen molar-refractivity contribution >= 4 is 16.7 Å². The molecule has 5 heteroatoms. The van der Waals surface area contributed by atoms with Gasteiger partial charge in [-0.25, -0.2) is 0 Å². The molecule has 1 saturated carbocycles. The van der Waals surface area contributed by atoms with E-state index in [0.29, 0.717) is 12.0 Å². The first-order valence-corrected chi connectivity index (χ1v) is 7.48. The van der Waals surface area contributed by atoms with Crippen LogP contribution in [0.1, 0.15) is 19.3 Å². The fourth-order valence-electron chi connectivity index (χ4n) is 2.58. The normalized spacial score (nSPS) is 22.6. The number of nitrogens with zero attached hydrogens (tertiary/aromatic N) is 2. The van der Waals surface area contributed by atoms with Gasteiger partial charge in [-0.05, 0) is 31.7 Å². The van der Waals surface area contributed by atoms with Crippen molar-refractivity contribution in [3.05, 3.63) is 30.3 Å². The van der Waals surface area contributed by atoms with Crippen molar-refractivity contribution in [3.63, 3.8) is 0 Å². The van der Waals surface area contributed by atoms with E-state index in [-0.39, 0.29) is 0 Å². The van der Waals surface area contributed by atoms with E-state index in [1.165, 1.54) is 24.4 Å². The van der Waals surface area contributed by atoms with Gasteiger partial charge in [0, 0.05) is 23.1 Å². The summed E-state index contributed by atoms with van der Waals surface area (Å²) in [7, 11) is 0. The Morgan fingerprint density at radius 1 is 1.26 bits per heavy atom. The van der Waals surface area contributed by atoms with Crippen LogP contribution in [0.15, 0.2) is 30.3 Å². The minimum atomic E-state index is 0.505. The largest absolute Gasteiger partial charge is 0.358 e. The standard InChI is InChI=1S/C14H18N4S/c15-9-10-6-7-12(8-10)16-14-17-13(18-19-14)11-4-2-1-3-5-11/h1-5,10,12H,6-9,15H2,(H,16,17,18). The van der Waals surface area contributed by atoms with E-state index in [0.717, 1.165) is 29.5 Å². The lowest BCUT2D eigenvalue weighted by atomic mass is 10.1. The highest BCUT2D eigenvalue weighted by atomic mass is 32.1. The Bertz CT molecular complexity index is 525. The van der Waals surface area contributed by atoms with Gasteiger partial charge in [0.1, 0.15) is 0 Å². The molecule has 4 nitrogen and oxygen atoms in total. The number of rotatable bonds is 4. The van der Waals surface area contributed by atoms with Crippen molar-refractivity contribution in [2.75, 3.05) is 11.9 Å². The Morgan fingerprint density at radius 2 is 2.11 bits per heavy atom. The topological polar surface area (TPSA) is 63.8 Å². The van der Waals surface area contributed by atoms with Gasteiger partial charge >= 0.3 is 0 Å². The van der Waals surface area contributed by atoms with Crippen LogP contribution in [0.25, 0.3) is 11.4 Å². The lowest BCUT2D eigenvalue weighted by Gasteiger charge is -2.10. The Labute approximate surface area is 117 Å². The van der Waals surface area contributed by atoms with Gasteiger partial charge in [0.15, 0.2) is 5.82 Å². The molecule has 1 aliphatic rings. The number of nitrogens with one attached hydrogen (secondary N) is 1. The van der Waals surface area contributed by atoms with Gasteiger partial charge < -0.3 is 11.1 Å². The van der Waals surface area contributed by atoms with Crippen molar-refractivity contribution in [1.29, 1.82) is 0 Å². The summed E-state index contributed by atoms with van der Waals surface area (Å²) in [5, 5.41) is 4.40. The van der Waals surface area contributed by atoms with Gasteiger partial charge in [-0.1, -0.05) is 30.3 Å². The van der Waals surface area contributed by atoms with E-state index in [4.69, 9.17) is 5.73 Å². The zero-order valence-corrected chi connectivity index (χ0v) is 11.6. The van der Waals surface area contributed by atoms with E-state index >= 15 is 0 Å². The molecule has 3 rings (SSSR count). The van der Waals surface area contributed by atoms with Crippen molar-refractivity contribution in [2.45, 2.75) is 25.3 Å². The summed E-state index contributed by atoms with van der Waals surface area (Å²) >= 11 is 1.44. The summed E-state index contributed by atoms with van der Waals surface area (Å²) < 4.78 is 4.41. The second-order valence-electron chi connectivity index (χ2n) is 5.05. The predicted molar refractivity (Wildman–Crippen MR) is 79.2 cm³/mol. The van der Waals surface area contributed by atoms with Crippen LogP contribution in [0, 0.1) is 5.92 Å². The first kappa shape index (κ1) is 12.6. The molecule has 1 aromatic heterocycles. The maximum absolute atomic E-state index is 5.72. The summed E-state index contributed by atoms with van der Waals surface area (Å²) in [6.45, 7) is 0.795. The second kappa shape index (κ2) is 5.67. The molecule has 100 valence electrons. The first-order valence-electron chi connectivity index (χ1n) is 6.71. The zero-order valence-electron chi connectivity index (χ0n) is 10.7. The van der Waals surface area contributed by atoms with Crippen molar-refractivity contribution in [1.82, 2.24) is 9.36 Å². The van der Waals surface area contributed by atoms with E-state index in [9.17, 15) is 0 Å². The van der Waals surface area contributed by atoms with E-state index < -0.39 is 0 Å². The highest BCUT2D eigenvalue weighted by Gasteiger charge is 2.24. The molecular formula is C14H18N4S. The molecule has 0 saturated heterocycles.